The van der Waals surface area contributed by atoms with Crippen LogP contribution in [0.15, 0.2) is 15.7 Å². The predicted octanol–water partition coefficient (Wildman–Crippen LogP) is -0.607. The molecule has 0 amide bonds. The van der Waals surface area contributed by atoms with Gasteiger partial charge in [0.15, 0.2) is 0 Å². The van der Waals surface area contributed by atoms with Crippen molar-refractivity contribution in [3.05, 3.63) is 32.6 Å². The first kappa shape index (κ1) is 8.72. The highest BCUT2D eigenvalue weighted by Crippen LogP contribution is 1.94. The summed E-state index contributed by atoms with van der Waals surface area (Å²) in [6.07, 6.45) is 0. The van der Waals surface area contributed by atoms with Crippen molar-refractivity contribution in [3.8, 4) is 0 Å². The van der Waals surface area contributed by atoms with E-state index in [4.69, 9.17) is 5.11 Å². The second-order valence-corrected chi connectivity index (χ2v) is 2.62. The van der Waals surface area contributed by atoms with E-state index in [2.05, 4.69) is 16.1 Å². The Morgan fingerprint density at radius 3 is 2.67 bits per heavy atom. The van der Waals surface area contributed by atoms with Crippen LogP contribution in [0.4, 0.5) is 0 Å². The fourth-order valence-electron chi connectivity index (χ4n) is 0.627. The normalized spacial score (nSPS) is 9.75. The van der Waals surface area contributed by atoms with Crippen molar-refractivity contribution in [1.29, 1.82) is 0 Å². The average Bonchev–Trinajstić information content (AvgIpc) is 1.96. The molecule has 0 bridgehead atoms. The van der Waals surface area contributed by atoms with Crippen molar-refractivity contribution in [2.45, 2.75) is 0 Å². The molecule has 0 saturated carbocycles. The highest BCUT2D eigenvalue weighted by atomic mass is 79.9. The van der Waals surface area contributed by atoms with Crippen molar-refractivity contribution in [3.63, 3.8) is 0 Å². The maximum absolute atomic E-state index is 10.8. The second kappa shape index (κ2) is 2.94. The minimum absolute atomic E-state index is 0.413. The molecule has 6 nitrogen and oxygen atoms in total. The van der Waals surface area contributed by atoms with Crippen molar-refractivity contribution in [2.24, 2.45) is 0 Å². The quantitative estimate of drug-likeness (QED) is 0.679. The van der Waals surface area contributed by atoms with Crippen LogP contribution in [0.1, 0.15) is 10.5 Å². The van der Waals surface area contributed by atoms with Gasteiger partial charge in [0.2, 0.25) is 0 Å². The van der Waals surface area contributed by atoms with Crippen LogP contribution in [-0.4, -0.2) is 19.7 Å². The molecular formula is C5H3BrN2O4. The minimum Gasteiger partial charge on any atom is -0.477 e. The number of H-pyrrole nitrogens is 1. The third-order valence-electron chi connectivity index (χ3n) is 1.11. The maximum atomic E-state index is 10.8. The summed E-state index contributed by atoms with van der Waals surface area (Å²) in [6, 6.07) is 0.804. The van der Waals surface area contributed by atoms with E-state index in [1.807, 2.05) is 4.98 Å². The molecule has 0 radical (unpaired) electrons. The van der Waals surface area contributed by atoms with Gasteiger partial charge in [0, 0.05) is 6.07 Å². The summed E-state index contributed by atoms with van der Waals surface area (Å²) in [5, 5.41) is 8.47. The van der Waals surface area contributed by atoms with E-state index >= 15 is 0 Å². The fourth-order valence-corrected chi connectivity index (χ4v) is 0.969. The molecule has 0 fully saturated rings. The van der Waals surface area contributed by atoms with E-state index in [0.717, 1.165) is 6.07 Å². The number of halogens is 1. The fraction of sp³-hybridized carbons (Fsp3) is 0. The number of carboxylic acid groups (broad SMARTS) is 1. The van der Waals surface area contributed by atoms with Crippen LogP contribution in [0, 0.1) is 0 Å². The van der Waals surface area contributed by atoms with Crippen molar-refractivity contribution in [1.82, 2.24) is 8.58 Å². The number of hydrogen-bond acceptors (Lipinski definition) is 3. The molecule has 0 unspecified atom stereocenters. The van der Waals surface area contributed by atoms with E-state index in [1.165, 1.54) is 0 Å². The minimum atomic E-state index is -1.35. The predicted molar refractivity (Wildman–Crippen MR) is 42.6 cm³/mol. The van der Waals surface area contributed by atoms with E-state index in [1.54, 1.807) is 0 Å². The number of nitrogens with one attached hydrogen (secondary N) is 1. The molecular weight excluding hydrogens is 232 g/mol. The number of hydrogen-bond donors (Lipinski definition) is 2. The van der Waals surface area contributed by atoms with Gasteiger partial charge in [-0.05, 0) is 0 Å². The van der Waals surface area contributed by atoms with Gasteiger partial charge in [-0.25, -0.2) is 13.2 Å². The maximum Gasteiger partial charge on any atom is 0.353 e. The third kappa shape index (κ3) is 1.45. The highest BCUT2D eigenvalue weighted by Gasteiger charge is 2.09. The Morgan fingerprint density at radius 2 is 2.17 bits per heavy atom. The lowest BCUT2D eigenvalue weighted by Gasteiger charge is -1.97. The summed E-state index contributed by atoms with van der Waals surface area (Å²) in [7, 11) is 0. The smallest absolute Gasteiger partial charge is 0.353 e. The number of nitrogens with zero attached hydrogens (tertiary/aromatic N) is 1. The number of aromatic carboxylic acids is 1. The van der Waals surface area contributed by atoms with Gasteiger partial charge in [0.25, 0.3) is 5.56 Å². The molecule has 1 rings (SSSR count). The summed E-state index contributed by atoms with van der Waals surface area (Å²) >= 11 is 2.67. The van der Waals surface area contributed by atoms with E-state index in [9.17, 15) is 14.4 Å². The van der Waals surface area contributed by atoms with Gasteiger partial charge >= 0.3 is 11.7 Å². The zero-order valence-corrected chi connectivity index (χ0v) is 7.16. The monoisotopic (exact) mass is 234 g/mol. The zero-order chi connectivity index (χ0) is 9.30. The van der Waals surface area contributed by atoms with E-state index < -0.39 is 22.9 Å². The average molecular weight is 235 g/mol. The molecule has 7 heteroatoms. The lowest BCUT2D eigenvalue weighted by molar-refractivity contribution is 0.0688. The standard InChI is InChI=1S/C5H3BrN2O4/c6-8-2(4(10)11)1-3(9)7-5(8)12/h1H,(H,10,11)(H,7,9,12). The molecule has 12 heavy (non-hydrogen) atoms. The van der Waals surface area contributed by atoms with Crippen molar-refractivity contribution in [2.75, 3.05) is 0 Å². The SMILES string of the molecule is O=C(O)c1cc(=O)[nH]c(=O)n1Br. The first-order chi connectivity index (χ1) is 5.52. The first-order valence-electron chi connectivity index (χ1n) is 2.78. The van der Waals surface area contributed by atoms with Crippen molar-refractivity contribution >= 4 is 22.1 Å². The molecule has 64 valence electrons. The van der Waals surface area contributed by atoms with Gasteiger partial charge < -0.3 is 5.11 Å². The first-order valence-corrected chi connectivity index (χ1v) is 3.49. The number of aromatic amines is 1. The van der Waals surface area contributed by atoms with E-state index in [0.29, 0.717) is 3.59 Å². The molecule has 1 aromatic heterocycles. The second-order valence-electron chi connectivity index (χ2n) is 1.91. The van der Waals surface area contributed by atoms with Crippen LogP contribution in [0.3, 0.4) is 0 Å². The number of rotatable bonds is 1. The van der Waals surface area contributed by atoms with Crippen LogP contribution in [0.2, 0.25) is 0 Å². The topological polar surface area (TPSA) is 92.2 Å². The zero-order valence-electron chi connectivity index (χ0n) is 5.57. The van der Waals surface area contributed by atoms with Crippen LogP contribution >= 0.6 is 16.1 Å². The largest absolute Gasteiger partial charge is 0.477 e. The summed E-state index contributed by atoms with van der Waals surface area (Å²) in [5.74, 6) is -1.35. The molecule has 0 aliphatic heterocycles. The molecule has 0 atom stereocenters. The Kier molecular flexibility index (Phi) is 2.13. The molecule has 0 aliphatic carbocycles. The molecule has 2 N–H and O–H groups in total. The summed E-state index contributed by atoms with van der Waals surface area (Å²) in [4.78, 5) is 33.6. The van der Waals surface area contributed by atoms with Crippen LogP contribution in [0.25, 0.3) is 0 Å². The van der Waals surface area contributed by atoms with Gasteiger partial charge in [-0.3, -0.25) is 9.78 Å². The molecule has 1 aromatic rings. The lowest BCUT2D eigenvalue weighted by atomic mass is 10.4. The summed E-state index contributed by atoms with van der Waals surface area (Å²) in [5.41, 5.74) is -1.98. The lowest BCUT2D eigenvalue weighted by Crippen LogP contribution is -2.29. The summed E-state index contributed by atoms with van der Waals surface area (Å²) in [6.45, 7) is 0. The van der Waals surface area contributed by atoms with Gasteiger partial charge in [-0.15, -0.1) is 0 Å². The number of carbonyl (C=O) groups is 1. The molecule has 0 spiro atoms. The Bertz CT molecular complexity index is 432. The number of carboxylic acids is 1. The third-order valence-corrected chi connectivity index (χ3v) is 1.81. The Hall–Kier alpha value is -1.37. The molecule has 0 aromatic carbocycles. The Morgan fingerprint density at radius 1 is 1.58 bits per heavy atom. The number of aromatic nitrogens is 2. The van der Waals surface area contributed by atoms with Crippen LogP contribution in [-0.2, 0) is 0 Å². The summed E-state index contributed by atoms with van der Waals surface area (Å²) < 4.78 is 0.663. The van der Waals surface area contributed by atoms with Gasteiger partial charge in [0.1, 0.15) is 5.69 Å². The Balaban J connectivity index is 3.59. The van der Waals surface area contributed by atoms with Crippen LogP contribution < -0.4 is 11.2 Å². The van der Waals surface area contributed by atoms with Crippen LogP contribution in [0.5, 0.6) is 0 Å². The Labute approximate surface area is 73.8 Å². The van der Waals surface area contributed by atoms with Crippen molar-refractivity contribution < 1.29 is 9.90 Å². The highest BCUT2D eigenvalue weighted by molar-refractivity contribution is 9.08. The van der Waals surface area contributed by atoms with Gasteiger partial charge in [-0.1, -0.05) is 0 Å². The molecule has 0 saturated heterocycles. The van der Waals surface area contributed by atoms with Gasteiger partial charge in [-0.2, -0.15) is 0 Å². The molecule has 1 heterocycles. The van der Waals surface area contributed by atoms with Gasteiger partial charge in [0.05, 0.1) is 16.1 Å². The molecule has 0 aliphatic rings. The van der Waals surface area contributed by atoms with E-state index in [-0.39, 0.29) is 0 Å².